The minimum absolute atomic E-state index is 0.245. The molecule has 2 rings (SSSR count). The van der Waals surface area contributed by atoms with E-state index in [0.29, 0.717) is 21.5 Å². The molecule has 0 spiro atoms. The Balaban J connectivity index is 2.14. The first-order valence-electron chi connectivity index (χ1n) is 8.57. The molecule has 1 N–H and O–H groups in total. The van der Waals surface area contributed by atoms with E-state index in [4.69, 9.17) is 32.7 Å². The van der Waals surface area contributed by atoms with Gasteiger partial charge in [0.2, 0.25) is 5.91 Å². The Kier molecular flexibility index (Phi) is 7.96. The van der Waals surface area contributed by atoms with E-state index in [1.54, 1.807) is 38.3 Å². The number of hydrogen-bond acceptors (Lipinski definition) is 4. The van der Waals surface area contributed by atoms with Crippen LogP contribution >= 0.6 is 23.2 Å². The maximum absolute atomic E-state index is 12.8. The van der Waals surface area contributed by atoms with Crippen LogP contribution in [0.2, 0.25) is 10.0 Å². The van der Waals surface area contributed by atoms with Gasteiger partial charge >= 0.3 is 0 Å². The molecule has 150 valence electrons. The van der Waals surface area contributed by atoms with E-state index in [0.717, 1.165) is 5.56 Å². The van der Waals surface area contributed by atoms with Crippen LogP contribution in [0.3, 0.4) is 0 Å². The zero-order valence-electron chi connectivity index (χ0n) is 15.9. The highest BCUT2D eigenvalue weighted by molar-refractivity contribution is 6.35. The number of methoxy groups -OCH3 is 1. The number of carbonyl (C=O) groups excluding carboxylic acids is 2. The van der Waals surface area contributed by atoms with Gasteiger partial charge in [0, 0.05) is 18.6 Å². The van der Waals surface area contributed by atoms with Crippen LogP contribution < -0.4 is 14.8 Å². The molecule has 28 heavy (non-hydrogen) atoms. The van der Waals surface area contributed by atoms with Gasteiger partial charge in [-0.25, -0.2) is 0 Å². The first-order chi connectivity index (χ1) is 13.3. The second-order valence-electron chi connectivity index (χ2n) is 6.02. The molecular formula is C20H22Cl2N2O4. The van der Waals surface area contributed by atoms with E-state index in [-0.39, 0.29) is 25.0 Å². The molecule has 0 aromatic heterocycles. The van der Waals surface area contributed by atoms with Gasteiger partial charge in [-0.2, -0.15) is 0 Å². The molecule has 2 amide bonds. The van der Waals surface area contributed by atoms with Gasteiger partial charge < -0.3 is 19.7 Å². The highest BCUT2D eigenvalue weighted by Gasteiger charge is 2.26. The van der Waals surface area contributed by atoms with Crippen LogP contribution in [-0.4, -0.2) is 43.5 Å². The van der Waals surface area contributed by atoms with E-state index in [2.05, 4.69) is 5.32 Å². The van der Waals surface area contributed by atoms with Crippen LogP contribution in [0.5, 0.6) is 11.5 Å². The molecule has 0 bridgehead atoms. The molecule has 8 heteroatoms. The monoisotopic (exact) mass is 424 g/mol. The Hall–Kier alpha value is -2.44. The lowest BCUT2D eigenvalue weighted by atomic mass is 10.1. The molecule has 0 aliphatic heterocycles. The van der Waals surface area contributed by atoms with Crippen molar-refractivity contribution in [2.75, 3.05) is 20.8 Å². The molecule has 0 saturated heterocycles. The summed E-state index contributed by atoms with van der Waals surface area (Å²) in [5.41, 5.74) is 0.856. The fourth-order valence-electron chi connectivity index (χ4n) is 2.53. The van der Waals surface area contributed by atoms with Crippen LogP contribution in [-0.2, 0) is 16.1 Å². The van der Waals surface area contributed by atoms with Crippen molar-refractivity contribution in [3.05, 3.63) is 58.1 Å². The summed E-state index contributed by atoms with van der Waals surface area (Å²) in [6.07, 6.45) is 0. The summed E-state index contributed by atoms with van der Waals surface area (Å²) >= 11 is 11.9. The van der Waals surface area contributed by atoms with Crippen LogP contribution in [0, 0.1) is 0 Å². The number of carbonyl (C=O) groups is 2. The number of benzene rings is 2. The first kappa shape index (κ1) is 21.9. The van der Waals surface area contributed by atoms with Crippen LogP contribution in [0.25, 0.3) is 0 Å². The SMILES string of the molecule is CNC(=O)C(C)N(Cc1ccc(OC)cc1)C(=O)COc1ccc(Cl)cc1Cl. The van der Waals surface area contributed by atoms with Gasteiger partial charge in [-0.3, -0.25) is 9.59 Å². The second kappa shape index (κ2) is 10.2. The molecule has 0 fully saturated rings. The zero-order chi connectivity index (χ0) is 20.7. The molecule has 2 aromatic carbocycles. The number of ether oxygens (including phenoxy) is 2. The van der Waals surface area contributed by atoms with E-state index in [9.17, 15) is 9.59 Å². The van der Waals surface area contributed by atoms with Crippen molar-refractivity contribution < 1.29 is 19.1 Å². The largest absolute Gasteiger partial charge is 0.497 e. The van der Waals surface area contributed by atoms with Crippen molar-refractivity contribution in [3.8, 4) is 11.5 Å². The molecule has 0 heterocycles. The number of nitrogens with one attached hydrogen (secondary N) is 1. The summed E-state index contributed by atoms with van der Waals surface area (Å²) in [7, 11) is 3.11. The van der Waals surface area contributed by atoms with Crippen molar-refractivity contribution in [1.29, 1.82) is 0 Å². The Morgan fingerprint density at radius 3 is 2.39 bits per heavy atom. The Morgan fingerprint density at radius 2 is 1.82 bits per heavy atom. The van der Waals surface area contributed by atoms with E-state index in [1.165, 1.54) is 18.0 Å². The van der Waals surface area contributed by atoms with Crippen molar-refractivity contribution in [2.45, 2.75) is 19.5 Å². The first-order valence-corrected chi connectivity index (χ1v) is 9.33. The lowest BCUT2D eigenvalue weighted by molar-refractivity contribution is -0.142. The van der Waals surface area contributed by atoms with Gasteiger partial charge in [0.05, 0.1) is 12.1 Å². The van der Waals surface area contributed by atoms with Crippen molar-refractivity contribution in [1.82, 2.24) is 10.2 Å². The van der Waals surface area contributed by atoms with E-state index < -0.39 is 6.04 Å². The topological polar surface area (TPSA) is 67.9 Å². The Morgan fingerprint density at radius 1 is 1.14 bits per heavy atom. The van der Waals surface area contributed by atoms with Gasteiger partial charge in [-0.15, -0.1) is 0 Å². The van der Waals surface area contributed by atoms with Gasteiger partial charge in [-0.05, 0) is 42.8 Å². The molecule has 1 atom stereocenters. The smallest absolute Gasteiger partial charge is 0.261 e. The molecule has 6 nitrogen and oxygen atoms in total. The summed E-state index contributed by atoms with van der Waals surface area (Å²) in [5, 5.41) is 3.34. The maximum atomic E-state index is 12.8. The zero-order valence-corrected chi connectivity index (χ0v) is 17.4. The number of halogens is 2. The minimum atomic E-state index is -0.677. The average molecular weight is 425 g/mol. The number of nitrogens with zero attached hydrogens (tertiary/aromatic N) is 1. The molecule has 0 aliphatic rings. The maximum Gasteiger partial charge on any atom is 0.261 e. The molecular weight excluding hydrogens is 403 g/mol. The van der Waals surface area contributed by atoms with Gasteiger partial charge in [-0.1, -0.05) is 35.3 Å². The van der Waals surface area contributed by atoms with Crippen molar-refractivity contribution in [3.63, 3.8) is 0 Å². The third-order valence-electron chi connectivity index (χ3n) is 4.17. The summed E-state index contributed by atoms with van der Waals surface area (Å²) in [6, 6.07) is 11.3. The predicted molar refractivity (Wildman–Crippen MR) is 109 cm³/mol. The van der Waals surface area contributed by atoms with Crippen molar-refractivity contribution >= 4 is 35.0 Å². The number of amides is 2. The van der Waals surface area contributed by atoms with Crippen LogP contribution in [0.1, 0.15) is 12.5 Å². The summed E-state index contributed by atoms with van der Waals surface area (Å²) in [6.45, 7) is 1.64. The molecule has 2 aromatic rings. The van der Waals surface area contributed by atoms with Crippen LogP contribution in [0.15, 0.2) is 42.5 Å². The average Bonchev–Trinajstić information content (AvgIpc) is 2.70. The number of likely N-dealkylation sites (N-methyl/N-ethyl adjacent to an activating group) is 1. The third kappa shape index (κ3) is 5.78. The van der Waals surface area contributed by atoms with Gasteiger partial charge in [0.15, 0.2) is 6.61 Å². The van der Waals surface area contributed by atoms with Crippen molar-refractivity contribution in [2.24, 2.45) is 0 Å². The minimum Gasteiger partial charge on any atom is -0.497 e. The number of rotatable bonds is 8. The fraction of sp³-hybridized carbons (Fsp3) is 0.300. The fourth-order valence-corrected chi connectivity index (χ4v) is 3.00. The van der Waals surface area contributed by atoms with E-state index >= 15 is 0 Å². The standard InChI is InChI=1S/C20H22Cl2N2O4/c1-13(20(26)23-2)24(11-14-4-7-16(27-3)8-5-14)19(25)12-28-18-9-6-15(21)10-17(18)22/h4-10,13H,11-12H2,1-3H3,(H,23,26). The van der Waals surface area contributed by atoms with Crippen LogP contribution in [0.4, 0.5) is 0 Å². The molecule has 0 aliphatic carbocycles. The normalized spacial score (nSPS) is 11.5. The lowest BCUT2D eigenvalue weighted by Gasteiger charge is -2.28. The molecule has 0 radical (unpaired) electrons. The Bertz CT molecular complexity index is 827. The summed E-state index contributed by atoms with van der Waals surface area (Å²) < 4.78 is 10.7. The summed E-state index contributed by atoms with van der Waals surface area (Å²) in [4.78, 5) is 26.4. The highest BCUT2D eigenvalue weighted by Crippen LogP contribution is 2.27. The second-order valence-corrected chi connectivity index (χ2v) is 6.87. The Labute approximate surface area is 174 Å². The highest BCUT2D eigenvalue weighted by atomic mass is 35.5. The van der Waals surface area contributed by atoms with Gasteiger partial charge in [0.1, 0.15) is 17.5 Å². The van der Waals surface area contributed by atoms with Gasteiger partial charge in [0.25, 0.3) is 5.91 Å². The predicted octanol–water partition coefficient (Wildman–Crippen LogP) is 3.54. The molecule has 0 saturated carbocycles. The lowest BCUT2D eigenvalue weighted by Crippen LogP contribution is -2.48. The molecule has 1 unspecified atom stereocenters. The van der Waals surface area contributed by atoms with E-state index in [1.807, 2.05) is 12.1 Å². The summed E-state index contributed by atoms with van der Waals surface area (Å²) in [5.74, 6) is 0.433. The number of hydrogen-bond donors (Lipinski definition) is 1. The third-order valence-corrected chi connectivity index (χ3v) is 4.70. The quantitative estimate of drug-likeness (QED) is 0.703.